The SMILES string of the molecule is O=S1(=O)c2ccsc2-c2sc(CCCCO)cc21. The summed E-state index contributed by atoms with van der Waals surface area (Å²) in [5.74, 6) is 0. The second-order valence-corrected chi connectivity index (χ2v) is 8.14. The fraction of sp³-hybridized carbons (Fsp3) is 0.333. The molecule has 2 aromatic rings. The van der Waals surface area contributed by atoms with Gasteiger partial charge >= 0.3 is 0 Å². The van der Waals surface area contributed by atoms with Gasteiger partial charge in [-0.2, -0.15) is 0 Å². The summed E-state index contributed by atoms with van der Waals surface area (Å²) in [6.45, 7) is 0.193. The van der Waals surface area contributed by atoms with Gasteiger partial charge in [0.05, 0.1) is 19.5 Å². The first-order valence-electron chi connectivity index (χ1n) is 5.71. The van der Waals surface area contributed by atoms with Crippen molar-refractivity contribution in [3.8, 4) is 9.75 Å². The summed E-state index contributed by atoms with van der Waals surface area (Å²) in [6.07, 6.45) is 2.50. The smallest absolute Gasteiger partial charge is 0.209 e. The van der Waals surface area contributed by atoms with Crippen LogP contribution >= 0.6 is 22.7 Å². The predicted octanol–water partition coefficient (Wildman–Crippen LogP) is 2.94. The van der Waals surface area contributed by atoms with E-state index in [2.05, 4.69) is 0 Å². The molecule has 3 nitrogen and oxygen atoms in total. The maximum absolute atomic E-state index is 12.3. The van der Waals surface area contributed by atoms with Gasteiger partial charge in [0.1, 0.15) is 0 Å². The molecule has 0 unspecified atom stereocenters. The molecule has 6 heteroatoms. The summed E-state index contributed by atoms with van der Waals surface area (Å²) in [6, 6.07) is 3.49. The van der Waals surface area contributed by atoms with Crippen LogP contribution in [0.2, 0.25) is 0 Å². The molecular weight excluding hydrogens is 288 g/mol. The highest BCUT2D eigenvalue weighted by Crippen LogP contribution is 2.50. The van der Waals surface area contributed by atoms with Gasteiger partial charge in [0.15, 0.2) is 0 Å². The molecule has 3 rings (SSSR count). The third-order valence-electron chi connectivity index (χ3n) is 2.99. The van der Waals surface area contributed by atoms with Crippen LogP contribution in [0.25, 0.3) is 9.75 Å². The largest absolute Gasteiger partial charge is 0.396 e. The van der Waals surface area contributed by atoms with Crippen molar-refractivity contribution in [2.75, 3.05) is 6.61 Å². The highest BCUT2D eigenvalue weighted by atomic mass is 32.2. The molecule has 1 N–H and O–H groups in total. The topological polar surface area (TPSA) is 54.4 Å². The second kappa shape index (κ2) is 4.45. The van der Waals surface area contributed by atoms with Crippen LogP contribution in [0.5, 0.6) is 0 Å². The summed E-state index contributed by atoms with van der Waals surface area (Å²) >= 11 is 3.06. The lowest BCUT2D eigenvalue weighted by atomic mass is 10.2. The van der Waals surface area contributed by atoms with Crippen molar-refractivity contribution in [2.24, 2.45) is 0 Å². The molecule has 0 bridgehead atoms. The minimum absolute atomic E-state index is 0.193. The summed E-state index contributed by atoms with van der Waals surface area (Å²) in [5, 5.41) is 10.6. The summed E-state index contributed by atoms with van der Waals surface area (Å²) in [7, 11) is -3.26. The van der Waals surface area contributed by atoms with Gasteiger partial charge in [-0.25, -0.2) is 8.42 Å². The number of rotatable bonds is 4. The van der Waals surface area contributed by atoms with E-state index in [4.69, 9.17) is 5.11 Å². The monoisotopic (exact) mass is 300 g/mol. The minimum atomic E-state index is -3.26. The highest BCUT2D eigenvalue weighted by molar-refractivity contribution is 7.92. The normalized spacial score (nSPS) is 15.6. The Bertz CT molecular complexity index is 679. The number of fused-ring (bicyclic) bond motifs is 3. The van der Waals surface area contributed by atoms with Gasteiger partial charge in [-0.05, 0) is 36.8 Å². The number of sulfone groups is 1. The fourth-order valence-corrected chi connectivity index (χ4v) is 6.86. The lowest BCUT2D eigenvalue weighted by Crippen LogP contribution is -1.94. The minimum Gasteiger partial charge on any atom is -0.396 e. The van der Waals surface area contributed by atoms with Crippen molar-refractivity contribution in [3.63, 3.8) is 0 Å². The molecule has 1 aliphatic rings. The van der Waals surface area contributed by atoms with Crippen molar-refractivity contribution in [2.45, 2.75) is 29.1 Å². The predicted molar refractivity (Wildman–Crippen MR) is 73.1 cm³/mol. The Balaban J connectivity index is 1.99. The van der Waals surface area contributed by atoms with Crippen LogP contribution < -0.4 is 0 Å². The van der Waals surface area contributed by atoms with Gasteiger partial charge in [-0.3, -0.25) is 0 Å². The molecule has 0 aromatic carbocycles. The molecule has 0 fully saturated rings. The third kappa shape index (κ3) is 1.75. The molecule has 0 spiro atoms. The zero-order chi connectivity index (χ0) is 12.8. The standard InChI is InChI=1S/C12H12O3S3/c13-5-2-1-3-8-7-10-12(17-8)11-9(4-6-16-11)18(10,14)15/h4,6-7,13H,1-3,5H2. The number of hydrogen-bond donors (Lipinski definition) is 1. The van der Waals surface area contributed by atoms with Gasteiger partial charge in [0.2, 0.25) is 9.84 Å². The first-order valence-corrected chi connectivity index (χ1v) is 8.89. The third-order valence-corrected chi connectivity index (χ3v) is 7.35. The highest BCUT2D eigenvalue weighted by Gasteiger charge is 2.36. The van der Waals surface area contributed by atoms with Crippen LogP contribution in [0.4, 0.5) is 0 Å². The molecule has 18 heavy (non-hydrogen) atoms. The molecular formula is C12H12O3S3. The Hall–Kier alpha value is -0.690. The van der Waals surface area contributed by atoms with E-state index in [-0.39, 0.29) is 6.61 Å². The lowest BCUT2D eigenvalue weighted by molar-refractivity contribution is 0.285. The van der Waals surface area contributed by atoms with E-state index in [0.717, 1.165) is 33.9 Å². The number of aliphatic hydroxyl groups excluding tert-OH is 1. The molecule has 96 valence electrons. The van der Waals surface area contributed by atoms with Crippen molar-refractivity contribution in [1.29, 1.82) is 0 Å². The summed E-state index contributed by atoms with van der Waals surface area (Å²) < 4.78 is 24.5. The Labute approximate surface area is 114 Å². The van der Waals surface area contributed by atoms with E-state index in [9.17, 15) is 8.42 Å². The summed E-state index contributed by atoms with van der Waals surface area (Å²) in [5.41, 5.74) is 0. The van der Waals surface area contributed by atoms with Gasteiger partial charge in [-0.15, -0.1) is 22.7 Å². The molecule has 1 aliphatic heterocycles. The Morgan fingerprint density at radius 1 is 1.17 bits per heavy atom. The maximum atomic E-state index is 12.3. The zero-order valence-corrected chi connectivity index (χ0v) is 12.0. The molecule has 0 saturated carbocycles. The van der Waals surface area contributed by atoms with E-state index < -0.39 is 9.84 Å². The van der Waals surface area contributed by atoms with E-state index in [1.54, 1.807) is 23.5 Å². The quantitative estimate of drug-likeness (QED) is 0.754. The van der Waals surface area contributed by atoms with Crippen LogP contribution in [-0.2, 0) is 16.3 Å². The van der Waals surface area contributed by atoms with Crippen molar-refractivity contribution >= 4 is 32.5 Å². The fourth-order valence-electron chi connectivity index (χ4n) is 2.11. The zero-order valence-electron chi connectivity index (χ0n) is 9.55. The molecule has 0 radical (unpaired) electrons. The van der Waals surface area contributed by atoms with Crippen LogP contribution in [0.1, 0.15) is 17.7 Å². The number of aryl methyl sites for hydroxylation is 1. The maximum Gasteiger partial charge on any atom is 0.209 e. The van der Waals surface area contributed by atoms with Gasteiger partial charge in [0.25, 0.3) is 0 Å². The van der Waals surface area contributed by atoms with Crippen molar-refractivity contribution in [3.05, 3.63) is 22.4 Å². The average Bonchev–Trinajstić information content (AvgIpc) is 2.97. The molecule has 0 saturated heterocycles. The van der Waals surface area contributed by atoms with Crippen LogP contribution in [0.3, 0.4) is 0 Å². The van der Waals surface area contributed by atoms with Crippen molar-refractivity contribution < 1.29 is 13.5 Å². The molecule has 0 atom stereocenters. The number of aliphatic hydroxyl groups is 1. The second-order valence-electron chi connectivity index (χ2n) is 4.20. The van der Waals surface area contributed by atoms with E-state index in [0.29, 0.717) is 9.79 Å². The van der Waals surface area contributed by atoms with Crippen LogP contribution in [0.15, 0.2) is 27.3 Å². The number of unbranched alkanes of at least 4 members (excludes halogenated alkanes) is 1. The molecule has 3 heterocycles. The van der Waals surface area contributed by atoms with E-state index in [1.807, 2.05) is 5.38 Å². The number of thiophene rings is 2. The first kappa shape index (κ1) is 12.3. The number of hydrogen-bond acceptors (Lipinski definition) is 5. The van der Waals surface area contributed by atoms with Gasteiger partial charge in [-0.1, -0.05) is 0 Å². The van der Waals surface area contributed by atoms with Gasteiger partial charge in [0, 0.05) is 11.5 Å². The van der Waals surface area contributed by atoms with E-state index >= 15 is 0 Å². The van der Waals surface area contributed by atoms with Crippen LogP contribution in [-0.4, -0.2) is 20.1 Å². The Morgan fingerprint density at radius 3 is 2.78 bits per heavy atom. The Morgan fingerprint density at radius 2 is 2.00 bits per heavy atom. The Kier molecular flexibility index (Phi) is 3.05. The molecule has 0 aliphatic carbocycles. The molecule has 2 aromatic heterocycles. The molecule has 0 amide bonds. The van der Waals surface area contributed by atoms with Gasteiger partial charge < -0.3 is 5.11 Å². The van der Waals surface area contributed by atoms with E-state index in [1.165, 1.54) is 11.3 Å². The summed E-state index contributed by atoms with van der Waals surface area (Å²) in [4.78, 5) is 3.84. The lowest BCUT2D eigenvalue weighted by Gasteiger charge is -1.96. The average molecular weight is 300 g/mol. The van der Waals surface area contributed by atoms with Crippen LogP contribution in [0, 0.1) is 0 Å². The van der Waals surface area contributed by atoms with Crippen molar-refractivity contribution in [1.82, 2.24) is 0 Å². The first-order chi connectivity index (χ1) is 8.64.